The molecule has 0 amide bonds. The van der Waals surface area contributed by atoms with Gasteiger partial charge in [-0.25, -0.2) is 9.59 Å². The highest BCUT2D eigenvalue weighted by molar-refractivity contribution is 5.93. The number of carbonyl (C=O) groups excluding carboxylic acids is 2. The molecule has 0 saturated carbocycles. The van der Waals surface area contributed by atoms with Crippen molar-refractivity contribution in [3.05, 3.63) is 181 Å². The van der Waals surface area contributed by atoms with Crippen LogP contribution in [0, 0.1) is 0 Å². The monoisotopic (exact) mass is 1270 g/mol. The van der Waals surface area contributed by atoms with Crippen LogP contribution in [0.2, 0.25) is 0 Å². The van der Waals surface area contributed by atoms with Crippen molar-refractivity contribution in [2.75, 3.05) is 14.2 Å². The molecule has 0 aliphatic heterocycles. The van der Waals surface area contributed by atoms with Gasteiger partial charge in [0, 0.05) is 11.1 Å². The van der Waals surface area contributed by atoms with Gasteiger partial charge in [-0.2, -0.15) is 101 Å². The SMILES string of the molecule is C=C(c1ccc(O)cc1)C(F)(F)C(F)(F)C(F)(F)C(F)(F)C(F)(F)F.C=C(c1ccc(O)cc1)C(F)(F)C(F)(F)C(F)(F)C(F)(F)F.C=C(c1ccc(O)cc1)C(F)(F)F.C=Cc1ccc(C(=O)OC)c(O)c1.C=Cc1ccc(O)c(C(=O)OC)c1. The third kappa shape index (κ3) is 16.9. The van der Waals surface area contributed by atoms with Gasteiger partial charge in [0.15, 0.2) is 0 Å². The zero-order valence-electron chi connectivity index (χ0n) is 43.1. The fourth-order valence-corrected chi connectivity index (χ4v) is 5.75. The number of hydrogen-bond donors (Lipinski definition) is 5. The molecule has 86 heavy (non-hydrogen) atoms. The number of alkyl halides is 23. The zero-order chi connectivity index (χ0) is 67.4. The topological polar surface area (TPSA) is 154 Å². The summed E-state index contributed by atoms with van der Waals surface area (Å²) in [6.45, 7) is 14.9. The first-order valence-electron chi connectivity index (χ1n) is 22.2. The molecule has 0 atom stereocenters. The Morgan fingerprint density at radius 1 is 0.372 bits per heavy atom. The predicted octanol–water partition coefficient (Wildman–Crippen LogP) is 17.0. The summed E-state index contributed by atoms with van der Waals surface area (Å²) < 4.78 is 302. The number of esters is 2. The van der Waals surface area contributed by atoms with Crippen molar-refractivity contribution < 1.29 is 146 Å². The van der Waals surface area contributed by atoms with Crippen LogP contribution in [-0.2, 0) is 9.47 Å². The van der Waals surface area contributed by atoms with Gasteiger partial charge in [0.2, 0.25) is 0 Å². The quantitative estimate of drug-likeness (QED) is 0.0540. The van der Waals surface area contributed by atoms with Gasteiger partial charge in [0.1, 0.15) is 39.9 Å². The molecule has 9 nitrogen and oxygen atoms in total. The number of carbonyl (C=O) groups is 2. The van der Waals surface area contributed by atoms with Gasteiger partial charge in [0.05, 0.1) is 19.8 Å². The van der Waals surface area contributed by atoms with Crippen LogP contribution in [0.1, 0.15) is 48.5 Å². The Hall–Kier alpha value is -8.87. The van der Waals surface area contributed by atoms with Gasteiger partial charge in [-0.1, -0.05) is 93.6 Å². The van der Waals surface area contributed by atoms with Crippen molar-refractivity contribution in [1.29, 1.82) is 0 Å². The molecule has 0 fully saturated rings. The Morgan fingerprint density at radius 2 is 0.663 bits per heavy atom. The van der Waals surface area contributed by atoms with Gasteiger partial charge in [-0.05, 0) is 88.5 Å². The third-order valence-corrected chi connectivity index (χ3v) is 10.8. The molecule has 0 bridgehead atoms. The smallest absolute Gasteiger partial charge is 0.460 e. The molecule has 0 aliphatic carbocycles. The number of benzene rings is 5. The summed E-state index contributed by atoms with van der Waals surface area (Å²) >= 11 is 0. The molecular weight excluding hydrogens is 1230 g/mol. The molecule has 5 rings (SSSR count). The van der Waals surface area contributed by atoms with Crippen molar-refractivity contribution in [2.45, 2.75) is 60.0 Å². The second kappa shape index (κ2) is 27.9. The maximum atomic E-state index is 13.7. The Labute approximate surface area is 469 Å². The maximum Gasteiger partial charge on any atom is 0.460 e. The summed E-state index contributed by atoms with van der Waals surface area (Å²) in [6.07, 6.45) is -15.3. The van der Waals surface area contributed by atoms with E-state index in [9.17, 15) is 121 Å². The number of halogens is 23. The van der Waals surface area contributed by atoms with Crippen molar-refractivity contribution in [3.63, 3.8) is 0 Å². The molecule has 0 heterocycles. The van der Waals surface area contributed by atoms with Crippen LogP contribution in [0.5, 0.6) is 28.7 Å². The number of methoxy groups -OCH3 is 2. The minimum Gasteiger partial charge on any atom is -0.508 e. The number of phenols is 5. The molecule has 32 heteroatoms. The standard InChI is InChI=1S/C13H7F11O.C12H7F9O.2C10H10O3.C9H7F3O/c1-6(7-2-4-8(25)5-3-7)9(14,15)10(16,17)11(18,19)12(20,21)13(22,23)24;1-6(7-2-4-8(22)5-3-7)9(13,14)10(15,16)11(17,18)12(19,20)21;1-3-7-4-5-9(11)8(6-7)10(12)13-2;1-3-7-4-5-8(9(11)6-7)10(12)13-2;1-6(9(10,11)12)7-2-4-8(13)5-3-7/h2-5,25H,1H2;2-5,22H,1H2;2*3-6,11H,1H2,2H3;2-5,13H,1H2. The first-order chi connectivity index (χ1) is 38.8. The predicted molar refractivity (Wildman–Crippen MR) is 263 cm³/mol. The number of rotatable bonds is 14. The highest BCUT2D eigenvalue weighted by Gasteiger charge is 2.87. The van der Waals surface area contributed by atoms with Crippen LogP contribution in [0.4, 0.5) is 101 Å². The van der Waals surface area contributed by atoms with E-state index >= 15 is 0 Å². The molecule has 0 aliphatic rings. The molecule has 0 saturated heterocycles. The van der Waals surface area contributed by atoms with E-state index in [0.29, 0.717) is 36.4 Å². The summed E-state index contributed by atoms with van der Waals surface area (Å²) in [5.41, 5.74) is -5.03. The van der Waals surface area contributed by atoms with Gasteiger partial charge < -0.3 is 35.0 Å². The third-order valence-electron chi connectivity index (χ3n) is 10.8. The highest BCUT2D eigenvalue weighted by atomic mass is 19.4. The zero-order valence-corrected chi connectivity index (χ0v) is 43.1. The molecular formula is C54H41F23O9. The van der Waals surface area contributed by atoms with Crippen LogP contribution in [0.3, 0.4) is 0 Å². The minimum absolute atomic E-state index is 0.0368. The number of aromatic hydroxyl groups is 5. The molecule has 0 radical (unpaired) electrons. The first kappa shape index (κ1) is 75.1. The molecule has 5 aromatic carbocycles. The lowest BCUT2D eigenvalue weighted by molar-refractivity contribution is -0.415. The fraction of sp³-hybridized carbons (Fsp3) is 0.222. The van der Waals surface area contributed by atoms with Crippen LogP contribution < -0.4 is 0 Å². The molecule has 472 valence electrons. The second-order valence-electron chi connectivity index (χ2n) is 16.5. The van der Waals surface area contributed by atoms with Gasteiger partial charge >= 0.3 is 71.9 Å². The average molecular weight is 1270 g/mol. The number of allylic oxidation sites excluding steroid dienone is 3. The lowest BCUT2D eigenvalue weighted by atomic mass is 9.90. The first-order valence-corrected chi connectivity index (χ1v) is 22.2. The van der Waals surface area contributed by atoms with E-state index in [1.807, 2.05) is 0 Å². The van der Waals surface area contributed by atoms with E-state index in [2.05, 4.69) is 42.4 Å². The second-order valence-corrected chi connectivity index (χ2v) is 16.5. The molecule has 0 spiro atoms. The van der Waals surface area contributed by atoms with Crippen LogP contribution >= 0.6 is 0 Å². The fourth-order valence-electron chi connectivity index (χ4n) is 5.75. The summed E-state index contributed by atoms with van der Waals surface area (Å²) in [5.74, 6) is -50.2. The van der Waals surface area contributed by atoms with E-state index in [-0.39, 0.29) is 33.9 Å². The molecule has 5 aromatic rings. The van der Waals surface area contributed by atoms with Crippen molar-refractivity contribution in [3.8, 4) is 28.7 Å². The highest BCUT2D eigenvalue weighted by Crippen LogP contribution is 2.60. The Kier molecular flexibility index (Phi) is 24.4. The number of phenolic OH excluding ortho intramolecular Hbond substituents is 5. The van der Waals surface area contributed by atoms with E-state index in [1.165, 1.54) is 62.8 Å². The summed E-state index contributed by atoms with van der Waals surface area (Å²) in [4.78, 5) is 22.1. The lowest BCUT2D eigenvalue weighted by Gasteiger charge is -2.37. The summed E-state index contributed by atoms with van der Waals surface area (Å²) in [7, 11) is 2.53. The van der Waals surface area contributed by atoms with Crippen molar-refractivity contribution >= 4 is 40.8 Å². The summed E-state index contributed by atoms with van der Waals surface area (Å²) in [6, 6.07) is 19.0. The van der Waals surface area contributed by atoms with Crippen LogP contribution in [-0.4, -0.2) is 112 Å². The Morgan fingerprint density at radius 3 is 0.965 bits per heavy atom. The largest absolute Gasteiger partial charge is 0.508 e. The maximum absolute atomic E-state index is 13.7. The van der Waals surface area contributed by atoms with Gasteiger partial charge in [-0.3, -0.25) is 0 Å². The average Bonchev–Trinajstić information content (AvgIpc) is 0.858. The molecule has 0 aromatic heterocycles. The molecule has 5 N–H and O–H groups in total. The number of hydrogen-bond acceptors (Lipinski definition) is 9. The van der Waals surface area contributed by atoms with Gasteiger partial charge in [-0.15, -0.1) is 0 Å². The van der Waals surface area contributed by atoms with Crippen LogP contribution in [0.25, 0.3) is 28.9 Å². The lowest BCUT2D eigenvalue weighted by Crippen LogP contribution is -2.66. The Balaban J connectivity index is 0.000000554. The minimum atomic E-state index is -7.48. The Bertz CT molecular complexity index is 3180. The van der Waals surface area contributed by atoms with Gasteiger partial charge in [0.25, 0.3) is 0 Å². The van der Waals surface area contributed by atoms with E-state index in [0.717, 1.165) is 23.3 Å². The van der Waals surface area contributed by atoms with Crippen molar-refractivity contribution in [1.82, 2.24) is 0 Å². The normalized spacial score (nSPS) is 12.3. The van der Waals surface area contributed by atoms with Crippen molar-refractivity contribution in [2.24, 2.45) is 0 Å². The van der Waals surface area contributed by atoms with E-state index in [4.69, 9.17) is 15.3 Å². The molecule has 0 unspecified atom stereocenters. The van der Waals surface area contributed by atoms with E-state index < -0.39 is 111 Å². The van der Waals surface area contributed by atoms with E-state index in [1.54, 1.807) is 24.3 Å². The van der Waals surface area contributed by atoms with Crippen LogP contribution in [0.15, 0.2) is 142 Å². The summed E-state index contributed by atoms with van der Waals surface area (Å²) in [5, 5.41) is 45.3. The number of ether oxygens (including phenoxy) is 2.